The normalized spacial score (nSPS) is 12.6. The molecule has 2 nitrogen and oxygen atoms in total. The van der Waals surface area contributed by atoms with Gasteiger partial charge >= 0.3 is 0 Å². The first kappa shape index (κ1) is 12.7. The zero-order valence-corrected chi connectivity index (χ0v) is 10.9. The molecule has 0 aliphatic rings. The molecule has 94 valence electrons. The van der Waals surface area contributed by atoms with E-state index in [0.717, 1.165) is 6.42 Å². The zero-order valence-electron chi connectivity index (χ0n) is 10.9. The van der Waals surface area contributed by atoms with Crippen molar-refractivity contribution >= 4 is 0 Å². The van der Waals surface area contributed by atoms with Gasteiger partial charge in [0, 0.05) is 6.04 Å². The molecule has 0 radical (unpaired) electrons. The van der Waals surface area contributed by atoms with Crippen LogP contribution in [0.2, 0.25) is 0 Å². The molecule has 0 bridgehead atoms. The Morgan fingerprint density at radius 2 is 1.56 bits per heavy atom. The molecule has 0 heterocycles. The van der Waals surface area contributed by atoms with Gasteiger partial charge in [0.2, 0.25) is 0 Å². The highest BCUT2D eigenvalue weighted by Crippen LogP contribution is 2.24. The van der Waals surface area contributed by atoms with Gasteiger partial charge in [0.15, 0.2) is 0 Å². The molecule has 2 rings (SSSR count). The number of aromatic hydroxyl groups is 1. The molecule has 1 N–H and O–H groups in total. The van der Waals surface area contributed by atoms with E-state index in [2.05, 4.69) is 43.3 Å². The van der Waals surface area contributed by atoms with Crippen LogP contribution in [0.15, 0.2) is 54.6 Å². The Bertz CT molecular complexity index is 476. The fourth-order valence-corrected chi connectivity index (χ4v) is 2.13. The Kier molecular flexibility index (Phi) is 4.00. The number of phenols is 1. The van der Waals surface area contributed by atoms with E-state index in [1.807, 2.05) is 18.2 Å². The SMILES string of the molecule is CN(C)C(Cc1ccccc1)c1ccc(O)cc1. The van der Waals surface area contributed by atoms with Crippen molar-refractivity contribution in [2.24, 2.45) is 0 Å². The minimum Gasteiger partial charge on any atom is -0.508 e. The summed E-state index contributed by atoms with van der Waals surface area (Å²) >= 11 is 0. The Hall–Kier alpha value is -1.80. The van der Waals surface area contributed by atoms with Crippen LogP contribution < -0.4 is 0 Å². The highest BCUT2D eigenvalue weighted by atomic mass is 16.3. The number of likely N-dealkylation sites (N-methyl/N-ethyl adjacent to an activating group) is 1. The van der Waals surface area contributed by atoms with Gasteiger partial charge in [-0.2, -0.15) is 0 Å². The van der Waals surface area contributed by atoms with Gasteiger partial charge < -0.3 is 10.0 Å². The third-order valence-electron chi connectivity index (χ3n) is 3.17. The second-order valence-electron chi connectivity index (χ2n) is 4.76. The van der Waals surface area contributed by atoms with Crippen LogP contribution in [0, 0.1) is 0 Å². The van der Waals surface area contributed by atoms with E-state index in [0.29, 0.717) is 11.8 Å². The van der Waals surface area contributed by atoms with Gasteiger partial charge in [-0.15, -0.1) is 0 Å². The van der Waals surface area contributed by atoms with Crippen LogP contribution in [0.3, 0.4) is 0 Å². The molecule has 0 aliphatic carbocycles. The summed E-state index contributed by atoms with van der Waals surface area (Å²) in [7, 11) is 4.17. The summed E-state index contributed by atoms with van der Waals surface area (Å²) < 4.78 is 0. The standard InChI is InChI=1S/C16H19NO/c1-17(2)16(12-13-6-4-3-5-7-13)14-8-10-15(18)11-9-14/h3-11,16,18H,12H2,1-2H3. The zero-order chi connectivity index (χ0) is 13.0. The van der Waals surface area contributed by atoms with Gasteiger partial charge in [0.25, 0.3) is 0 Å². The van der Waals surface area contributed by atoms with Gasteiger partial charge in [-0.1, -0.05) is 42.5 Å². The average Bonchev–Trinajstić information content (AvgIpc) is 2.38. The Balaban J connectivity index is 2.21. The van der Waals surface area contributed by atoms with Gasteiger partial charge in [-0.3, -0.25) is 0 Å². The van der Waals surface area contributed by atoms with Crippen molar-refractivity contribution < 1.29 is 5.11 Å². The smallest absolute Gasteiger partial charge is 0.115 e. The minimum absolute atomic E-state index is 0.316. The molecule has 0 saturated carbocycles. The predicted octanol–water partition coefficient (Wildman–Crippen LogP) is 3.24. The van der Waals surface area contributed by atoms with Gasteiger partial charge in [0.05, 0.1) is 0 Å². The molecule has 0 amide bonds. The highest BCUT2D eigenvalue weighted by molar-refractivity contribution is 5.29. The first-order valence-electron chi connectivity index (χ1n) is 6.16. The summed E-state index contributed by atoms with van der Waals surface area (Å²) in [6.45, 7) is 0. The maximum Gasteiger partial charge on any atom is 0.115 e. The summed E-state index contributed by atoms with van der Waals surface area (Å²) in [5.41, 5.74) is 2.55. The lowest BCUT2D eigenvalue weighted by atomic mass is 9.98. The van der Waals surface area contributed by atoms with Crippen molar-refractivity contribution in [1.82, 2.24) is 4.90 Å². The Labute approximate surface area is 109 Å². The van der Waals surface area contributed by atoms with E-state index in [4.69, 9.17) is 0 Å². The van der Waals surface area contributed by atoms with E-state index in [1.54, 1.807) is 12.1 Å². The molecule has 0 saturated heterocycles. The monoisotopic (exact) mass is 241 g/mol. The van der Waals surface area contributed by atoms with E-state index >= 15 is 0 Å². The Morgan fingerprint density at radius 3 is 2.11 bits per heavy atom. The van der Waals surface area contributed by atoms with Crippen LogP contribution in [0.5, 0.6) is 5.75 Å². The lowest BCUT2D eigenvalue weighted by Crippen LogP contribution is -2.22. The average molecular weight is 241 g/mol. The molecular formula is C16H19NO. The summed E-state index contributed by atoms with van der Waals surface area (Å²) in [6, 6.07) is 18.3. The van der Waals surface area contributed by atoms with E-state index in [-0.39, 0.29) is 0 Å². The molecule has 2 aromatic rings. The van der Waals surface area contributed by atoms with Crippen LogP contribution in [0.4, 0.5) is 0 Å². The second-order valence-corrected chi connectivity index (χ2v) is 4.76. The van der Waals surface area contributed by atoms with Gasteiger partial charge in [-0.05, 0) is 43.8 Å². The van der Waals surface area contributed by atoms with Crippen LogP contribution in [0.25, 0.3) is 0 Å². The van der Waals surface area contributed by atoms with Crippen LogP contribution >= 0.6 is 0 Å². The molecule has 1 unspecified atom stereocenters. The molecule has 1 atom stereocenters. The van der Waals surface area contributed by atoms with Gasteiger partial charge in [0.1, 0.15) is 5.75 Å². The number of phenolic OH excluding ortho intramolecular Hbond substituents is 1. The Morgan fingerprint density at radius 1 is 0.944 bits per heavy atom. The number of nitrogens with zero attached hydrogens (tertiary/aromatic N) is 1. The molecule has 0 spiro atoms. The predicted molar refractivity (Wildman–Crippen MR) is 74.7 cm³/mol. The second kappa shape index (κ2) is 5.69. The van der Waals surface area contributed by atoms with Crippen molar-refractivity contribution in [3.8, 4) is 5.75 Å². The first-order chi connectivity index (χ1) is 8.66. The van der Waals surface area contributed by atoms with E-state index in [1.165, 1.54) is 11.1 Å². The summed E-state index contributed by atoms with van der Waals surface area (Å²) in [5, 5.41) is 9.35. The molecule has 2 aromatic carbocycles. The molecule has 2 heteroatoms. The maximum absolute atomic E-state index is 9.35. The van der Waals surface area contributed by atoms with Crippen LogP contribution in [0.1, 0.15) is 17.2 Å². The number of hydrogen-bond acceptors (Lipinski definition) is 2. The van der Waals surface area contributed by atoms with Crippen molar-refractivity contribution in [1.29, 1.82) is 0 Å². The highest BCUT2D eigenvalue weighted by Gasteiger charge is 2.14. The third-order valence-corrected chi connectivity index (χ3v) is 3.17. The lowest BCUT2D eigenvalue weighted by molar-refractivity contribution is 0.297. The van der Waals surface area contributed by atoms with Crippen molar-refractivity contribution in [2.45, 2.75) is 12.5 Å². The van der Waals surface area contributed by atoms with E-state index in [9.17, 15) is 5.11 Å². The van der Waals surface area contributed by atoms with Crippen LogP contribution in [-0.2, 0) is 6.42 Å². The maximum atomic E-state index is 9.35. The fraction of sp³-hybridized carbons (Fsp3) is 0.250. The molecule has 18 heavy (non-hydrogen) atoms. The summed E-state index contributed by atoms with van der Waals surface area (Å²) in [5.74, 6) is 0.316. The van der Waals surface area contributed by atoms with Crippen molar-refractivity contribution in [2.75, 3.05) is 14.1 Å². The quantitative estimate of drug-likeness (QED) is 0.888. The topological polar surface area (TPSA) is 23.5 Å². The van der Waals surface area contributed by atoms with E-state index < -0.39 is 0 Å². The third kappa shape index (κ3) is 3.11. The lowest BCUT2D eigenvalue weighted by Gasteiger charge is -2.25. The van der Waals surface area contributed by atoms with Gasteiger partial charge in [-0.25, -0.2) is 0 Å². The number of benzene rings is 2. The van der Waals surface area contributed by atoms with Crippen molar-refractivity contribution in [3.63, 3.8) is 0 Å². The van der Waals surface area contributed by atoms with Crippen LogP contribution in [-0.4, -0.2) is 24.1 Å². The number of rotatable bonds is 4. The van der Waals surface area contributed by atoms with Crippen molar-refractivity contribution in [3.05, 3.63) is 65.7 Å². The largest absolute Gasteiger partial charge is 0.508 e. The molecular weight excluding hydrogens is 222 g/mol. The number of hydrogen-bond donors (Lipinski definition) is 1. The fourth-order valence-electron chi connectivity index (χ4n) is 2.13. The minimum atomic E-state index is 0.316. The first-order valence-corrected chi connectivity index (χ1v) is 6.16. The molecule has 0 fully saturated rings. The summed E-state index contributed by atoms with van der Waals surface area (Å²) in [4.78, 5) is 2.21. The molecule has 0 aromatic heterocycles. The molecule has 0 aliphatic heterocycles. The summed E-state index contributed by atoms with van der Waals surface area (Å²) in [6.07, 6.45) is 0.971.